The zero-order valence-electron chi connectivity index (χ0n) is 15.4. The van der Waals surface area contributed by atoms with Gasteiger partial charge < -0.3 is 0 Å². The van der Waals surface area contributed by atoms with Crippen LogP contribution in [0.5, 0.6) is 0 Å². The number of rotatable bonds is 4. The summed E-state index contributed by atoms with van der Waals surface area (Å²) in [4.78, 5) is 0.166. The van der Waals surface area contributed by atoms with Crippen LogP contribution in [0, 0.1) is 13.8 Å². The van der Waals surface area contributed by atoms with Crippen LogP contribution in [-0.4, -0.2) is 51.6 Å². The Morgan fingerprint density at radius 2 is 1.29 bits per heavy atom. The van der Waals surface area contributed by atoms with Gasteiger partial charge in [0, 0.05) is 31.2 Å². The fourth-order valence-electron chi connectivity index (χ4n) is 3.19. The third-order valence-corrected chi connectivity index (χ3v) is 9.33. The van der Waals surface area contributed by atoms with Crippen LogP contribution in [0.2, 0.25) is 10.0 Å². The Bertz CT molecular complexity index is 1110. The molecule has 0 bridgehead atoms. The summed E-state index contributed by atoms with van der Waals surface area (Å²) in [6, 6.07) is 9.40. The lowest BCUT2D eigenvalue weighted by atomic mass is 10.2. The third kappa shape index (κ3) is 4.08. The molecule has 1 fully saturated rings. The zero-order valence-corrected chi connectivity index (χ0v) is 18.5. The Labute approximate surface area is 175 Å². The molecule has 3 rings (SSSR count). The van der Waals surface area contributed by atoms with E-state index in [1.165, 1.54) is 26.8 Å². The lowest BCUT2D eigenvalue weighted by Crippen LogP contribution is -2.50. The molecule has 152 valence electrons. The molecule has 0 aromatic heterocycles. The molecule has 0 saturated carbocycles. The molecule has 0 spiro atoms. The van der Waals surface area contributed by atoms with E-state index in [2.05, 4.69) is 0 Å². The maximum absolute atomic E-state index is 13.0. The van der Waals surface area contributed by atoms with Crippen LogP contribution in [-0.2, 0) is 20.0 Å². The highest BCUT2D eigenvalue weighted by molar-refractivity contribution is 7.89. The van der Waals surface area contributed by atoms with Gasteiger partial charge in [0.2, 0.25) is 20.0 Å². The number of halogens is 2. The van der Waals surface area contributed by atoms with Crippen molar-refractivity contribution in [2.75, 3.05) is 26.2 Å². The van der Waals surface area contributed by atoms with E-state index in [4.69, 9.17) is 23.2 Å². The van der Waals surface area contributed by atoms with Crippen molar-refractivity contribution in [1.29, 1.82) is 0 Å². The Balaban J connectivity index is 1.81. The van der Waals surface area contributed by atoms with E-state index in [9.17, 15) is 16.8 Å². The first-order valence-corrected chi connectivity index (χ1v) is 12.2. The van der Waals surface area contributed by atoms with Gasteiger partial charge in [-0.15, -0.1) is 0 Å². The van der Waals surface area contributed by atoms with E-state index in [-0.39, 0.29) is 46.0 Å². The van der Waals surface area contributed by atoms with E-state index < -0.39 is 20.0 Å². The molecule has 0 amide bonds. The van der Waals surface area contributed by atoms with Gasteiger partial charge in [0.25, 0.3) is 0 Å². The highest BCUT2D eigenvalue weighted by Gasteiger charge is 2.35. The van der Waals surface area contributed by atoms with Crippen molar-refractivity contribution in [2.45, 2.75) is 23.6 Å². The van der Waals surface area contributed by atoms with E-state index >= 15 is 0 Å². The van der Waals surface area contributed by atoms with Gasteiger partial charge in [-0.1, -0.05) is 40.9 Å². The van der Waals surface area contributed by atoms with Gasteiger partial charge >= 0.3 is 0 Å². The fourth-order valence-corrected chi connectivity index (χ4v) is 6.98. The van der Waals surface area contributed by atoms with Crippen LogP contribution in [0.3, 0.4) is 0 Å². The summed E-state index contributed by atoms with van der Waals surface area (Å²) in [5.74, 6) is 0. The lowest BCUT2D eigenvalue weighted by molar-refractivity contribution is 0.272. The first kappa shape index (κ1) is 21.5. The second-order valence-electron chi connectivity index (χ2n) is 6.65. The Morgan fingerprint density at radius 1 is 0.750 bits per heavy atom. The summed E-state index contributed by atoms with van der Waals surface area (Å²) in [5, 5.41) is 0.341. The lowest BCUT2D eigenvalue weighted by Gasteiger charge is -2.33. The molecule has 2 aromatic rings. The summed E-state index contributed by atoms with van der Waals surface area (Å²) in [5.41, 5.74) is 1.64. The Kier molecular flexibility index (Phi) is 6.10. The first-order valence-electron chi connectivity index (χ1n) is 8.56. The highest BCUT2D eigenvalue weighted by Crippen LogP contribution is 2.29. The molecule has 0 aliphatic carbocycles. The number of hydrogen-bond donors (Lipinski definition) is 0. The first-order chi connectivity index (χ1) is 13.0. The number of benzene rings is 2. The molecule has 1 saturated heterocycles. The van der Waals surface area contributed by atoms with Gasteiger partial charge in [-0.2, -0.15) is 8.61 Å². The SMILES string of the molecule is Cc1ccc(S(=O)(=O)N2CCN(S(=O)(=O)c3cc(Cl)ccc3Cl)CC2)c(C)c1. The highest BCUT2D eigenvalue weighted by atomic mass is 35.5. The van der Waals surface area contributed by atoms with E-state index in [1.54, 1.807) is 19.1 Å². The van der Waals surface area contributed by atoms with Crippen molar-refractivity contribution in [1.82, 2.24) is 8.61 Å². The summed E-state index contributed by atoms with van der Waals surface area (Å²) < 4.78 is 54.3. The maximum Gasteiger partial charge on any atom is 0.244 e. The molecule has 2 aromatic carbocycles. The van der Waals surface area contributed by atoms with E-state index in [0.29, 0.717) is 5.56 Å². The smallest absolute Gasteiger partial charge is 0.207 e. The van der Waals surface area contributed by atoms with Gasteiger partial charge in [-0.25, -0.2) is 16.8 Å². The van der Waals surface area contributed by atoms with Gasteiger partial charge in [0.15, 0.2) is 0 Å². The van der Waals surface area contributed by atoms with Gasteiger partial charge in [0.05, 0.1) is 9.92 Å². The number of sulfonamides is 2. The van der Waals surface area contributed by atoms with E-state index in [0.717, 1.165) is 5.56 Å². The molecule has 0 N–H and O–H groups in total. The predicted octanol–water partition coefficient (Wildman–Crippen LogP) is 3.31. The Morgan fingerprint density at radius 3 is 1.82 bits per heavy atom. The molecule has 1 aliphatic heterocycles. The molecule has 1 aliphatic rings. The summed E-state index contributed by atoms with van der Waals surface area (Å²) >= 11 is 12.0. The minimum atomic E-state index is -3.87. The summed E-state index contributed by atoms with van der Waals surface area (Å²) in [6.45, 7) is 3.85. The van der Waals surface area contributed by atoms with Crippen molar-refractivity contribution in [3.05, 3.63) is 57.6 Å². The van der Waals surface area contributed by atoms with Crippen molar-refractivity contribution < 1.29 is 16.8 Å². The molecule has 0 unspecified atom stereocenters. The second-order valence-corrected chi connectivity index (χ2v) is 11.3. The van der Waals surface area contributed by atoms with Crippen molar-refractivity contribution in [2.24, 2.45) is 0 Å². The number of aryl methyl sites for hydroxylation is 2. The molecule has 6 nitrogen and oxygen atoms in total. The number of piperazine rings is 1. The standard InChI is InChI=1S/C18H20Cl2N2O4S2/c1-13-3-6-17(14(2)11-13)27(23,24)21-7-9-22(10-8-21)28(25,26)18-12-15(19)4-5-16(18)20/h3-6,11-12H,7-10H2,1-2H3. The topological polar surface area (TPSA) is 74.8 Å². The van der Waals surface area contributed by atoms with Crippen LogP contribution in [0.25, 0.3) is 0 Å². The van der Waals surface area contributed by atoms with E-state index in [1.807, 2.05) is 13.0 Å². The molecular formula is C18H20Cl2N2O4S2. The van der Waals surface area contributed by atoms with Crippen LogP contribution < -0.4 is 0 Å². The molecule has 1 heterocycles. The van der Waals surface area contributed by atoms with Crippen molar-refractivity contribution in [3.63, 3.8) is 0 Å². The minimum Gasteiger partial charge on any atom is -0.207 e. The number of hydrogen-bond acceptors (Lipinski definition) is 4. The van der Waals surface area contributed by atoms with Crippen molar-refractivity contribution >= 4 is 43.2 Å². The minimum absolute atomic E-state index is 0.0370. The van der Waals surface area contributed by atoms with Crippen molar-refractivity contribution in [3.8, 4) is 0 Å². The fraction of sp³-hybridized carbons (Fsp3) is 0.333. The monoisotopic (exact) mass is 462 g/mol. The molecule has 10 heteroatoms. The Hall–Kier alpha value is -1.16. The normalized spacial score (nSPS) is 17.0. The molecule has 0 radical (unpaired) electrons. The quantitative estimate of drug-likeness (QED) is 0.698. The number of nitrogens with zero attached hydrogens (tertiary/aromatic N) is 2. The van der Waals surface area contributed by atoms with Crippen LogP contribution in [0.4, 0.5) is 0 Å². The zero-order chi connectivity index (χ0) is 20.7. The average molecular weight is 463 g/mol. The average Bonchev–Trinajstić information content (AvgIpc) is 2.63. The van der Waals surface area contributed by atoms with Gasteiger partial charge in [0.1, 0.15) is 4.90 Å². The summed E-state index contributed by atoms with van der Waals surface area (Å²) in [6.07, 6.45) is 0. The summed E-state index contributed by atoms with van der Waals surface area (Å²) in [7, 11) is -7.56. The van der Waals surface area contributed by atoms with Crippen LogP contribution in [0.1, 0.15) is 11.1 Å². The largest absolute Gasteiger partial charge is 0.244 e. The van der Waals surface area contributed by atoms with Crippen LogP contribution >= 0.6 is 23.2 Å². The second kappa shape index (κ2) is 7.93. The predicted molar refractivity (Wildman–Crippen MR) is 110 cm³/mol. The van der Waals surface area contributed by atoms with Gasteiger partial charge in [-0.05, 0) is 43.7 Å². The molecule has 28 heavy (non-hydrogen) atoms. The van der Waals surface area contributed by atoms with Crippen LogP contribution in [0.15, 0.2) is 46.2 Å². The maximum atomic E-state index is 13.0. The molecular weight excluding hydrogens is 443 g/mol. The third-order valence-electron chi connectivity index (χ3n) is 4.66. The molecule has 0 atom stereocenters. The van der Waals surface area contributed by atoms with Gasteiger partial charge in [-0.3, -0.25) is 0 Å².